The number of hydrogen-bond donors (Lipinski definition) is 2. The number of benzene rings is 1. The number of carboxylic acids is 1. The van der Waals surface area contributed by atoms with Crippen LogP contribution in [0, 0.1) is 5.82 Å². The average Bonchev–Trinajstić information content (AvgIpc) is 2.72. The Morgan fingerprint density at radius 1 is 1.45 bits per heavy atom. The molecule has 1 aliphatic heterocycles. The predicted molar refractivity (Wildman–Crippen MR) is 73.0 cm³/mol. The Bertz CT molecular complexity index is 486. The first-order valence-corrected chi connectivity index (χ1v) is 6.95. The summed E-state index contributed by atoms with van der Waals surface area (Å²) in [5.74, 6) is -1.44. The van der Waals surface area contributed by atoms with Gasteiger partial charge in [0.15, 0.2) is 0 Å². The van der Waals surface area contributed by atoms with E-state index < -0.39 is 17.3 Å². The number of halogens is 1. The van der Waals surface area contributed by atoms with Crippen LogP contribution in [0.3, 0.4) is 0 Å². The van der Waals surface area contributed by atoms with Crippen molar-refractivity contribution in [3.8, 4) is 5.75 Å². The van der Waals surface area contributed by atoms with Gasteiger partial charge in [0.05, 0.1) is 0 Å². The molecule has 4 nitrogen and oxygen atoms in total. The van der Waals surface area contributed by atoms with Crippen molar-refractivity contribution in [2.24, 2.45) is 0 Å². The molecule has 0 aliphatic carbocycles. The molecule has 1 aromatic rings. The lowest BCUT2D eigenvalue weighted by atomic mass is 9.90. The lowest BCUT2D eigenvalue weighted by molar-refractivity contribution is -0.150. The molecule has 1 saturated heterocycles. The molecule has 0 spiro atoms. The molecule has 2 rings (SSSR count). The van der Waals surface area contributed by atoms with Gasteiger partial charge in [-0.2, -0.15) is 0 Å². The zero-order chi connectivity index (χ0) is 14.8. The summed E-state index contributed by atoms with van der Waals surface area (Å²) in [5.41, 5.74) is -0.248. The Kier molecular flexibility index (Phi) is 4.28. The van der Waals surface area contributed by atoms with Crippen molar-refractivity contribution in [1.82, 2.24) is 4.90 Å². The summed E-state index contributed by atoms with van der Waals surface area (Å²) in [6.07, 6.45) is 2.83. The van der Waals surface area contributed by atoms with E-state index in [2.05, 4.69) is 0 Å². The number of aliphatic carboxylic acids is 1. The normalized spacial score (nSPS) is 23.1. The number of hydrogen-bond acceptors (Lipinski definition) is 3. The SMILES string of the molecule is CCCC1(C(=O)O)CCCN1Cc1cc(O)cc(F)c1. The van der Waals surface area contributed by atoms with Gasteiger partial charge in [-0.25, -0.2) is 4.39 Å². The van der Waals surface area contributed by atoms with Crippen LogP contribution in [-0.2, 0) is 11.3 Å². The average molecular weight is 281 g/mol. The second-order valence-corrected chi connectivity index (χ2v) is 5.43. The highest BCUT2D eigenvalue weighted by Gasteiger charge is 2.46. The molecule has 110 valence electrons. The molecule has 0 saturated carbocycles. The van der Waals surface area contributed by atoms with Gasteiger partial charge in [-0.15, -0.1) is 0 Å². The summed E-state index contributed by atoms with van der Waals surface area (Å²) in [6, 6.07) is 3.88. The van der Waals surface area contributed by atoms with E-state index in [1.165, 1.54) is 12.1 Å². The Morgan fingerprint density at radius 2 is 2.20 bits per heavy atom. The standard InChI is InChI=1S/C15H20FNO3/c1-2-4-15(14(19)20)5-3-6-17(15)10-11-7-12(16)9-13(18)8-11/h7-9,18H,2-6,10H2,1H3,(H,19,20). The minimum atomic E-state index is -0.851. The van der Waals surface area contributed by atoms with E-state index >= 15 is 0 Å². The molecule has 20 heavy (non-hydrogen) atoms. The zero-order valence-corrected chi connectivity index (χ0v) is 11.6. The van der Waals surface area contributed by atoms with Gasteiger partial charge in [-0.1, -0.05) is 13.3 Å². The summed E-state index contributed by atoms with van der Waals surface area (Å²) in [4.78, 5) is 13.6. The van der Waals surface area contributed by atoms with Crippen molar-refractivity contribution in [3.05, 3.63) is 29.6 Å². The lowest BCUT2D eigenvalue weighted by Gasteiger charge is -2.34. The summed E-state index contributed by atoms with van der Waals surface area (Å²) in [7, 11) is 0. The quantitative estimate of drug-likeness (QED) is 0.871. The van der Waals surface area contributed by atoms with Gasteiger partial charge in [-0.05, 0) is 43.5 Å². The molecule has 1 aromatic carbocycles. The van der Waals surface area contributed by atoms with Crippen LogP contribution >= 0.6 is 0 Å². The van der Waals surface area contributed by atoms with E-state index in [1.807, 2.05) is 11.8 Å². The van der Waals surface area contributed by atoms with Crippen molar-refractivity contribution >= 4 is 5.97 Å². The largest absolute Gasteiger partial charge is 0.508 e. The Balaban J connectivity index is 2.24. The van der Waals surface area contributed by atoms with Gasteiger partial charge in [0.2, 0.25) is 0 Å². The highest BCUT2D eigenvalue weighted by molar-refractivity contribution is 5.79. The number of phenolic OH excluding ortho intramolecular Hbond substituents is 1. The first kappa shape index (κ1) is 14.8. The van der Waals surface area contributed by atoms with Gasteiger partial charge in [0, 0.05) is 12.6 Å². The van der Waals surface area contributed by atoms with Crippen molar-refractivity contribution in [2.45, 2.75) is 44.7 Å². The van der Waals surface area contributed by atoms with E-state index in [4.69, 9.17) is 0 Å². The highest BCUT2D eigenvalue weighted by atomic mass is 19.1. The molecule has 1 aliphatic rings. The van der Waals surface area contributed by atoms with Crippen LogP contribution in [0.5, 0.6) is 5.75 Å². The fourth-order valence-electron chi connectivity index (χ4n) is 3.16. The molecule has 1 unspecified atom stereocenters. The second-order valence-electron chi connectivity index (χ2n) is 5.43. The topological polar surface area (TPSA) is 60.8 Å². The van der Waals surface area contributed by atoms with E-state index in [9.17, 15) is 19.4 Å². The number of aromatic hydroxyl groups is 1. The van der Waals surface area contributed by atoms with E-state index in [1.54, 1.807) is 0 Å². The van der Waals surface area contributed by atoms with Crippen molar-refractivity contribution < 1.29 is 19.4 Å². The van der Waals surface area contributed by atoms with Crippen molar-refractivity contribution in [1.29, 1.82) is 0 Å². The van der Waals surface area contributed by atoms with Crippen LogP contribution < -0.4 is 0 Å². The first-order chi connectivity index (χ1) is 9.48. The van der Waals surface area contributed by atoms with Crippen LogP contribution in [-0.4, -0.2) is 33.2 Å². The monoisotopic (exact) mass is 281 g/mol. The van der Waals surface area contributed by atoms with Gasteiger partial charge in [0.25, 0.3) is 0 Å². The van der Waals surface area contributed by atoms with Crippen LogP contribution in [0.4, 0.5) is 4.39 Å². The van der Waals surface area contributed by atoms with Crippen LogP contribution in [0.25, 0.3) is 0 Å². The second kappa shape index (κ2) is 5.79. The molecule has 1 fully saturated rings. The smallest absolute Gasteiger partial charge is 0.324 e. The number of phenols is 1. The maximum absolute atomic E-state index is 13.3. The number of likely N-dealkylation sites (tertiary alicyclic amines) is 1. The van der Waals surface area contributed by atoms with E-state index in [-0.39, 0.29) is 5.75 Å². The zero-order valence-electron chi connectivity index (χ0n) is 11.6. The van der Waals surface area contributed by atoms with Crippen LogP contribution in [0.15, 0.2) is 18.2 Å². The number of carbonyl (C=O) groups is 1. The Morgan fingerprint density at radius 3 is 2.80 bits per heavy atom. The van der Waals surface area contributed by atoms with E-state index in [0.717, 1.165) is 18.9 Å². The summed E-state index contributed by atoms with van der Waals surface area (Å²) in [6.45, 7) is 3.00. The maximum Gasteiger partial charge on any atom is 0.324 e. The summed E-state index contributed by atoms with van der Waals surface area (Å²) in [5, 5.41) is 19.0. The fourth-order valence-corrected chi connectivity index (χ4v) is 3.16. The van der Waals surface area contributed by atoms with Crippen LogP contribution in [0.2, 0.25) is 0 Å². The molecule has 1 heterocycles. The Labute approximate surface area is 117 Å². The van der Waals surface area contributed by atoms with E-state index in [0.29, 0.717) is 31.5 Å². The van der Waals surface area contributed by atoms with Gasteiger partial charge in [0.1, 0.15) is 17.1 Å². The molecular weight excluding hydrogens is 261 g/mol. The molecule has 0 bridgehead atoms. The summed E-state index contributed by atoms with van der Waals surface area (Å²) < 4.78 is 13.3. The molecule has 0 amide bonds. The van der Waals surface area contributed by atoms with Gasteiger partial charge < -0.3 is 10.2 Å². The molecule has 0 aromatic heterocycles. The fraction of sp³-hybridized carbons (Fsp3) is 0.533. The first-order valence-electron chi connectivity index (χ1n) is 6.95. The predicted octanol–water partition coefficient (Wildman–Crippen LogP) is 2.75. The van der Waals surface area contributed by atoms with Crippen LogP contribution in [0.1, 0.15) is 38.2 Å². The van der Waals surface area contributed by atoms with Gasteiger partial charge in [-0.3, -0.25) is 9.69 Å². The highest BCUT2D eigenvalue weighted by Crippen LogP contribution is 2.35. The van der Waals surface area contributed by atoms with Crippen molar-refractivity contribution in [2.75, 3.05) is 6.54 Å². The third kappa shape index (κ3) is 2.77. The Hall–Kier alpha value is -1.62. The minimum absolute atomic E-state index is 0.129. The molecule has 2 N–H and O–H groups in total. The van der Waals surface area contributed by atoms with Crippen molar-refractivity contribution in [3.63, 3.8) is 0 Å². The lowest BCUT2D eigenvalue weighted by Crippen LogP contribution is -2.49. The maximum atomic E-state index is 13.3. The minimum Gasteiger partial charge on any atom is -0.508 e. The number of rotatable bonds is 5. The summed E-state index contributed by atoms with van der Waals surface area (Å²) >= 11 is 0. The molecule has 5 heteroatoms. The number of carboxylic acid groups (broad SMARTS) is 1. The molecular formula is C15H20FNO3. The number of nitrogens with zero attached hydrogens (tertiary/aromatic N) is 1. The molecule has 0 radical (unpaired) electrons. The third-order valence-corrected chi connectivity index (χ3v) is 4.00. The third-order valence-electron chi connectivity index (χ3n) is 4.00. The molecule has 1 atom stereocenters. The van der Waals surface area contributed by atoms with Gasteiger partial charge >= 0.3 is 5.97 Å².